The summed E-state index contributed by atoms with van der Waals surface area (Å²) in [5, 5.41) is 2.08. The topological polar surface area (TPSA) is 38.9 Å². The number of nitrogens with two attached hydrogens (primary N) is 1. The first kappa shape index (κ1) is 9.83. The second-order valence-electron chi connectivity index (χ2n) is 3.21. The molecule has 0 aliphatic rings. The Kier molecular flexibility index (Phi) is 2.67. The second-order valence-corrected chi connectivity index (χ2v) is 5.22. The average Bonchev–Trinajstić information content (AvgIpc) is 2.73. The summed E-state index contributed by atoms with van der Waals surface area (Å²) in [5.74, 6) is 0. The van der Waals surface area contributed by atoms with Crippen molar-refractivity contribution >= 4 is 22.7 Å². The first-order chi connectivity index (χ1) is 6.70. The van der Waals surface area contributed by atoms with E-state index in [1.54, 1.807) is 22.7 Å². The SMILES string of the molecule is Cc1ncsc1C(N)c1ccsc1C. The molecule has 0 aliphatic carbocycles. The van der Waals surface area contributed by atoms with Gasteiger partial charge in [-0.1, -0.05) is 0 Å². The van der Waals surface area contributed by atoms with Gasteiger partial charge in [0.1, 0.15) is 0 Å². The average molecular weight is 224 g/mol. The van der Waals surface area contributed by atoms with Crippen molar-refractivity contribution in [3.8, 4) is 0 Å². The van der Waals surface area contributed by atoms with Gasteiger partial charge in [0.15, 0.2) is 0 Å². The van der Waals surface area contributed by atoms with Crippen LogP contribution < -0.4 is 5.73 Å². The lowest BCUT2D eigenvalue weighted by Gasteiger charge is -2.09. The molecule has 2 aromatic rings. The minimum absolute atomic E-state index is 0.00579. The molecule has 0 fully saturated rings. The molecule has 2 N–H and O–H groups in total. The zero-order chi connectivity index (χ0) is 10.1. The summed E-state index contributed by atoms with van der Waals surface area (Å²) in [4.78, 5) is 6.69. The van der Waals surface area contributed by atoms with Gasteiger partial charge in [-0.15, -0.1) is 22.7 Å². The van der Waals surface area contributed by atoms with E-state index in [2.05, 4.69) is 23.4 Å². The minimum Gasteiger partial charge on any atom is -0.320 e. The molecular formula is C10H12N2S2. The predicted octanol–water partition coefficient (Wildman–Crippen LogP) is 2.87. The van der Waals surface area contributed by atoms with Crippen LogP contribution in [0.25, 0.3) is 0 Å². The maximum atomic E-state index is 6.18. The van der Waals surface area contributed by atoms with Crippen LogP contribution in [0, 0.1) is 13.8 Å². The Hall–Kier alpha value is -0.710. The summed E-state index contributed by atoms with van der Waals surface area (Å²) in [6, 6.07) is 2.10. The van der Waals surface area contributed by atoms with E-state index in [1.165, 1.54) is 15.3 Å². The number of nitrogens with zero attached hydrogens (tertiary/aromatic N) is 1. The molecule has 0 aromatic carbocycles. The van der Waals surface area contributed by atoms with E-state index < -0.39 is 0 Å². The van der Waals surface area contributed by atoms with E-state index in [9.17, 15) is 0 Å². The maximum Gasteiger partial charge on any atom is 0.0798 e. The third kappa shape index (κ3) is 1.61. The lowest BCUT2D eigenvalue weighted by molar-refractivity contribution is 0.875. The Labute approximate surface area is 91.4 Å². The molecule has 74 valence electrons. The van der Waals surface area contributed by atoms with Crippen molar-refractivity contribution in [2.45, 2.75) is 19.9 Å². The molecular weight excluding hydrogens is 212 g/mol. The van der Waals surface area contributed by atoms with Crippen molar-refractivity contribution in [1.82, 2.24) is 4.98 Å². The minimum atomic E-state index is -0.00579. The van der Waals surface area contributed by atoms with Crippen LogP contribution in [0.4, 0.5) is 0 Å². The standard InChI is InChI=1S/C10H12N2S2/c1-6-10(14-5-12-6)9(11)8-3-4-13-7(8)2/h3-5,9H,11H2,1-2H3. The lowest BCUT2D eigenvalue weighted by Crippen LogP contribution is -2.11. The highest BCUT2D eigenvalue weighted by atomic mass is 32.1. The van der Waals surface area contributed by atoms with Crippen molar-refractivity contribution in [2.24, 2.45) is 5.73 Å². The first-order valence-corrected chi connectivity index (χ1v) is 6.15. The number of hydrogen-bond donors (Lipinski definition) is 1. The molecule has 14 heavy (non-hydrogen) atoms. The number of thiophene rings is 1. The molecule has 0 spiro atoms. The molecule has 0 saturated carbocycles. The molecule has 0 amide bonds. The number of hydrogen-bond acceptors (Lipinski definition) is 4. The summed E-state index contributed by atoms with van der Waals surface area (Å²) in [7, 11) is 0. The van der Waals surface area contributed by atoms with Crippen LogP contribution in [0.2, 0.25) is 0 Å². The van der Waals surface area contributed by atoms with Gasteiger partial charge in [0.2, 0.25) is 0 Å². The molecule has 0 aliphatic heterocycles. The molecule has 1 unspecified atom stereocenters. The fourth-order valence-corrected chi connectivity index (χ4v) is 3.04. The Morgan fingerprint density at radius 3 is 2.64 bits per heavy atom. The lowest BCUT2D eigenvalue weighted by atomic mass is 10.1. The Bertz CT molecular complexity index is 391. The van der Waals surface area contributed by atoms with Gasteiger partial charge >= 0.3 is 0 Å². The van der Waals surface area contributed by atoms with Crippen molar-refractivity contribution in [2.75, 3.05) is 0 Å². The second kappa shape index (κ2) is 3.81. The number of rotatable bonds is 2. The molecule has 2 rings (SSSR count). The molecule has 2 aromatic heterocycles. The summed E-state index contributed by atoms with van der Waals surface area (Å²) in [5.41, 5.74) is 10.3. The van der Waals surface area contributed by atoms with Crippen molar-refractivity contribution in [1.29, 1.82) is 0 Å². The third-order valence-electron chi connectivity index (χ3n) is 2.30. The Morgan fingerprint density at radius 1 is 1.36 bits per heavy atom. The smallest absolute Gasteiger partial charge is 0.0798 e. The van der Waals surface area contributed by atoms with Crippen LogP contribution in [0.15, 0.2) is 17.0 Å². The third-order valence-corrected chi connectivity index (χ3v) is 4.17. The van der Waals surface area contributed by atoms with Gasteiger partial charge in [-0.2, -0.15) is 0 Å². The normalized spacial score (nSPS) is 13.1. The van der Waals surface area contributed by atoms with Crippen molar-refractivity contribution in [3.05, 3.63) is 38.0 Å². The molecule has 0 radical (unpaired) electrons. The van der Waals surface area contributed by atoms with Crippen LogP contribution in [-0.4, -0.2) is 4.98 Å². The highest BCUT2D eigenvalue weighted by molar-refractivity contribution is 7.10. The largest absolute Gasteiger partial charge is 0.320 e. The summed E-state index contributed by atoms with van der Waals surface area (Å²) in [6.07, 6.45) is 0. The quantitative estimate of drug-likeness (QED) is 0.852. The molecule has 2 nitrogen and oxygen atoms in total. The Morgan fingerprint density at radius 2 is 2.14 bits per heavy atom. The molecule has 0 saturated heterocycles. The van der Waals surface area contributed by atoms with E-state index in [0.717, 1.165) is 5.69 Å². The number of aromatic nitrogens is 1. The molecule has 1 atom stereocenters. The molecule has 4 heteroatoms. The zero-order valence-corrected chi connectivity index (χ0v) is 9.78. The van der Waals surface area contributed by atoms with E-state index in [-0.39, 0.29) is 6.04 Å². The van der Waals surface area contributed by atoms with Gasteiger partial charge in [0, 0.05) is 9.75 Å². The molecule has 2 heterocycles. The van der Waals surface area contributed by atoms with Gasteiger partial charge in [-0.3, -0.25) is 0 Å². The maximum absolute atomic E-state index is 6.18. The summed E-state index contributed by atoms with van der Waals surface area (Å²) >= 11 is 3.37. The van der Waals surface area contributed by atoms with E-state index >= 15 is 0 Å². The van der Waals surface area contributed by atoms with E-state index in [1.807, 2.05) is 12.4 Å². The fourth-order valence-electron chi connectivity index (χ4n) is 1.47. The van der Waals surface area contributed by atoms with Crippen LogP contribution >= 0.6 is 22.7 Å². The highest BCUT2D eigenvalue weighted by Gasteiger charge is 2.15. The summed E-state index contributed by atoms with van der Waals surface area (Å²) in [6.45, 7) is 4.11. The van der Waals surface area contributed by atoms with Crippen LogP contribution in [0.5, 0.6) is 0 Å². The van der Waals surface area contributed by atoms with Crippen LogP contribution in [0.3, 0.4) is 0 Å². The van der Waals surface area contributed by atoms with Crippen LogP contribution in [0.1, 0.15) is 27.1 Å². The highest BCUT2D eigenvalue weighted by Crippen LogP contribution is 2.29. The van der Waals surface area contributed by atoms with Crippen LogP contribution in [-0.2, 0) is 0 Å². The molecule has 0 bridgehead atoms. The predicted molar refractivity (Wildman–Crippen MR) is 61.9 cm³/mol. The van der Waals surface area contributed by atoms with E-state index in [0.29, 0.717) is 0 Å². The van der Waals surface area contributed by atoms with Gasteiger partial charge in [0.25, 0.3) is 0 Å². The van der Waals surface area contributed by atoms with Gasteiger partial charge < -0.3 is 5.73 Å². The fraction of sp³-hybridized carbons (Fsp3) is 0.300. The monoisotopic (exact) mass is 224 g/mol. The van der Waals surface area contributed by atoms with Crippen molar-refractivity contribution in [3.63, 3.8) is 0 Å². The summed E-state index contributed by atoms with van der Waals surface area (Å²) < 4.78 is 0. The number of thiazole rings is 1. The zero-order valence-electron chi connectivity index (χ0n) is 8.15. The van der Waals surface area contributed by atoms with E-state index in [4.69, 9.17) is 5.73 Å². The van der Waals surface area contributed by atoms with Crippen molar-refractivity contribution < 1.29 is 0 Å². The van der Waals surface area contributed by atoms with Gasteiger partial charge in [-0.25, -0.2) is 4.98 Å². The Balaban J connectivity index is 2.38. The van der Waals surface area contributed by atoms with Gasteiger partial charge in [-0.05, 0) is 30.9 Å². The first-order valence-electron chi connectivity index (χ1n) is 4.39. The van der Waals surface area contributed by atoms with Gasteiger partial charge in [0.05, 0.1) is 17.2 Å². The number of aryl methyl sites for hydroxylation is 2.